The van der Waals surface area contributed by atoms with Crippen molar-refractivity contribution in [3.8, 4) is 0 Å². The molecule has 2 heterocycles. The molecule has 110 valence electrons. The van der Waals surface area contributed by atoms with Crippen LogP contribution in [0, 0.1) is 13.8 Å². The van der Waals surface area contributed by atoms with E-state index in [1.54, 1.807) is 11.3 Å². The van der Waals surface area contributed by atoms with Crippen molar-refractivity contribution in [2.24, 2.45) is 0 Å². The number of rotatable bonds is 3. The Morgan fingerprint density at radius 3 is 3.00 bits per heavy atom. The second-order valence-corrected chi connectivity index (χ2v) is 6.67. The molecule has 2 aromatic rings. The molecule has 2 aromatic heterocycles. The molecule has 0 bridgehead atoms. The van der Waals surface area contributed by atoms with Gasteiger partial charge >= 0.3 is 0 Å². The van der Waals surface area contributed by atoms with Crippen molar-refractivity contribution >= 4 is 16.3 Å². The predicted octanol–water partition coefficient (Wildman–Crippen LogP) is 2.80. The molecule has 5 heteroatoms. The summed E-state index contributed by atoms with van der Waals surface area (Å²) in [6, 6.07) is 0.224. The van der Waals surface area contributed by atoms with Crippen LogP contribution in [0.3, 0.4) is 0 Å². The van der Waals surface area contributed by atoms with Gasteiger partial charge in [-0.1, -0.05) is 19.3 Å². The number of nitrogens with one attached hydrogen (secondary N) is 1. The number of aryl methyl sites for hydroxylation is 2. The number of thiazole rings is 1. The van der Waals surface area contributed by atoms with Gasteiger partial charge in [0.05, 0.1) is 17.5 Å². The highest BCUT2D eigenvalue weighted by atomic mass is 32.1. The highest BCUT2D eigenvalue weighted by molar-refractivity contribution is 7.15. The van der Waals surface area contributed by atoms with E-state index in [4.69, 9.17) is 0 Å². The highest BCUT2D eigenvalue weighted by Gasteiger charge is 2.22. The van der Waals surface area contributed by atoms with E-state index in [2.05, 4.69) is 33.9 Å². The van der Waals surface area contributed by atoms with Crippen LogP contribution in [0.1, 0.15) is 49.2 Å². The van der Waals surface area contributed by atoms with Crippen molar-refractivity contribution in [2.45, 2.75) is 64.6 Å². The third kappa shape index (κ3) is 2.62. The molecule has 0 aromatic carbocycles. The summed E-state index contributed by atoms with van der Waals surface area (Å²) in [4.78, 5) is 5.68. The van der Waals surface area contributed by atoms with Crippen LogP contribution >= 0.6 is 11.3 Å². The normalized spacial score (nSPS) is 24.1. The molecule has 1 fully saturated rings. The molecule has 2 unspecified atom stereocenters. The van der Waals surface area contributed by atoms with Crippen molar-refractivity contribution in [1.29, 1.82) is 0 Å². The zero-order chi connectivity index (χ0) is 14.1. The summed E-state index contributed by atoms with van der Waals surface area (Å²) < 4.78 is 2.23. The van der Waals surface area contributed by atoms with Crippen LogP contribution in [0.2, 0.25) is 0 Å². The SMILES string of the molecule is Cc1nc2scc(C)n2c1CNC1CCCCCC1O. The maximum absolute atomic E-state index is 10.2. The van der Waals surface area contributed by atoms with Gasteiger partial charge in [-0.15, -0.1) is 11.3 Å². The summed E-state index contributed by atoms with van der Waals surface area (Å²) in [7, 11) is 0. The van der Waals surface area contributed by atoms with Crippen LogP contribution in [0.15, 0.2) is 5.38 Å². The summed E-state index contributed by atoms with van der Waals surface area (Å²) in [6.07, 6.45) is 5.41. The smallest absolute Gasteiger partial charge is 0.194 e. The molecule has 0 radical (unpaired) electrons. The van der Waals surface area contributed by atoms with E-state index in [-0.39, 0.29) is 12.1 Å². The fraction of sp³-hybridized carbons (Fsp3) is 0.667. The molecule has 3 rings (SSSR count). The molecule has 20 heavy (non-hydrogen) atoms. The fourth-order valence-corrected chi connectivity index (χ4v) is 4.06. The maximum atomic E-state index is 10.2. The van der Waals surface area contributed by atoms with Gasteiger partial charge in [0.15, 0.2) is 4.96 Å². The Kier molecular flexibility index (Phi) is 4.10. The van der Waals surface area contributed by atoms with Crippen molar-refractivity contribution in [3.63, 3.8) is 0 Å². The minimum absolute atomic E-state index is 0.204. The van der Waals surface area contributed by atoms with E-state index < -0.39 is 0 Å². The van der Waals surface area contributed by atoms with Crippen LogP contribution < -0.4 is 5.32 Å². The monoisotopic (exact) mass is 293 g/mol. The van der Waals surface area contributed by atoms with Gasteiger partial charge in [0, 0.05) is 23.7 Å². The molecule has 0 amide bonds. The topological polar surface area (TPSA) is 49.6 Å². The van der Waals surface area contributed by atoms with Gasteiger partial charge in [0.1, 0.15) is 0 Å². The van der Waals surface area contributed by atoms with E-state index in [0.717, 1.165) is 36.5 Å². The fourth-order valence-electron chi connectivity index (χ4n) is 3.13. The van der Waals surface area contributed by atoms with E-state index in [1.807, 2.05) is 0 Å². The average molecular weight is 293 g/mol. The number of aliphatic hydroxyl groups excluding tert-OH is 1. The molecule has 1 saturated carbocycles. The van der Waals surface area contributed by atoms with Crippen LogP contribution in [-0.2, 0) is 6.54 Å². The Morgan fingerprint density at radius 1 is 1.35 bits per heavy atom. The van der Waals surface area contributed by atoms with E-state index in [9.17, 15) is 5.11 Å². The van der Waals surface area contributed by atoms with Crippen molar-refractivity contribution in [1.82, 2.24) is 14.7 Å². The quantitative estimate of drug-likeness (QED) is 0.856. The maximum Gasteiger partial charge on any atom is 0.194 e. The number of aliphatic hydroxyl groups is 1. The van der Waals surface area contributed by atoms with Crippen molar-refractivity contribution in [2.75, 3.05) is 0 Å². The third-order valence-electron chi connectivity index (χ3n) is 4.34. The zero-order valence-electron chi connectivity index (χ0n) is 12.2. The summed E-state index contributed by atoms with van der Waals surface area (Å²) in [5.41, 5.74) is 3.56. The summed E-state index contributed by atoms with van der Waals surface area (Å²) >= 11 is 1.69. The lowest BCUT2D eigenvalue weighted by Crippen LogP contribution is -2.39. The number of hydrogen-bond acceptors (Lipinski definition) is 4. The molecule has 4 nitrogen and oxygen atoms in total. The lowest BCUT2D eigenvalue weighted by molar-refractivity contribution is 0.119. The Bertz CT molecular complexity index is 589. The molecule has 2 atom stereocenters. The Hall–Kier alpha value is -0.910. The van der Waals surface area contributed by atoms with Crippen LogP contribution in [0.5, 0.6) is 0 Å². The molecule has 2 N–H and O–H groups in total. The average Bonchev–Trinajstić information content (AvgIpc) is 2.84. The zero-order valence-corrected chi connectivity index (χ0v) is 13.0. The molecular formula is C15H23N3OS. The van der Waals surface area contributed by atoms with Gasteiger partial charge < -0.3 is 10.4 Å². The number of aromatic nitrogens is 2. The minimum atomic E-state index is -0.204. The van der Waals surface area contributed by atoms with Crippen molar-refractivity contribution in [3.05, 3.63) is 22.5 Å². The van der Waals surface area contributed by atoms with E-state index in [1.165, 1.54) is 24.2 Å². The second kappa shape index (κ2) is 5.84. The minimum Gasteiger partial charge on any atom is -0.392 e. The predicted molar refractivity (Wildman–Crippen MR) is 82.3 cm³/mol. The van der Waals surface area contributed by atoms with Gasteiger partial charge in [-0.05, 0) is 26.7 Å². The van der Waals surface area contributed by atoms with Crippen LogP contribution in [0.4, 0.5) is 0 Å². The first-order chi connectivity index (χ1) is 9.66. The van der Waals surface area contributed by atoms with E-state index >= 15 is 0 Å². The first-order valence-corrected chi connectivity index (χ1v) is 8.38. The Morgan fingerprint density at radius 2 is 2.15 bits per heavy atom. The molecule has 0 aliphatic heterocycles. The largest absolute Gasteiger partial charge is 0.392 e. The van der Waals surface area contributed by atoms with Gasteiger partial charge in [-0.3, -0.25) is 4.40 Å². The summed E-state index contributed by atoms with van der Waals surface area (Å²) in [5, 5.41) is 15.9. The van der Waals surface area contributed by atoms with Crippen molar-refractivity contribution < 1.29 is 5.11 Å². The standard InChI is InChI=1S/C15H23N3OS/c1-10-9-20-15-17-11(2)13(18(10)15)8-16-12-6-4-3-5-7-14(12)19/h9,12,14,16,19H,3-8H2,1-2H3. The number of imidazole rings is 1. The molecule has 1 aliphatic carbocycles. The second-order valence-electron chi connectivity index (χ2n) is 5.83. The van der Waals surface area contributed by atoms with Gasteiger partial charge in [0.25, 0.3) is 0 Å². The van der Waals surface area contributed by atoms with Gasteiger partial charge in [-0.2, -0.15) is 0 Å². The Labute approximate surface area is 123 Å². The Balaban J connectivity index is 1.76. The highest BCUT2D eigenvalue weighted by Crippen LogP contribution is 2.22. The molecule has 1 aliphatic rings. The van der Waals surface area contributed by atoms with Crippen LogP contribution in [0.25, 0.3) is 4.96 Å². The molecule has 0 spiro atoms. The lowest BCUT2D eigenvalue weighted by Gasteiger charge is -2.21. The molecular weight excluding hydrogens is 270 g/mol. The van der Waals surface area contributed by atoms with Gasteiger partial charge in [-0.25, -0.2) is 4.98 Å². The molecule has 0 saturated heterocycles. The number of fused-ring (bicyclic) bond motifs is 1. The summed E-state index contributed by atoms with van der Waals surface area (Å²) in [6.45, 7) is 4.97. The third-order valence-corrected chi connectivity index (χ3v) is 5.28. The first-order valence-electron chi connectivity index (χ1n) is 7.50. The first kappa shape index (κ1) is 14.0. The number of hydrogen-bond donors (Lipinski definition) is 2. The summed E-state index contributed by atoms with van der Waals surface area (Å²) in [5.74, 6) is 0. The van der Waals surface area contributed by atoms with Crippen LogP contribution in [-0.4, -0.2) is 26.6 Å². The van der Waals surface area contributed by atoms with Gasteiger partial charge in [0.2, 0.25) is 0 Å². The van der Waals surface area contributed by atoms with E-state index in [0.29, 0.717) is 0 Å². The lowest BCUT2D eigenvalue weighted by atomic mass is 10.1. The number of nitrogens with zero attached hydrogens (tertiary/aromatic N) is 2.